The van der Waals surface area contributed by atoms with Crippen LogP contribution in [0.4, 0.5) is 5.69 Å². The van der Waals surface area contributed by atoms with Crippen LogP contribution >= 0.6 is 0 Å². The summed E-state index contributed by atoms with van der Waals surface area (Å²) in [4.78, 5) is 34.0. The number of carbonyl (C=O) groups excluding carboxylic acids is 2. The van der Waals surface area contributed by atoms with Crippen LogP contribution < -0.4 is 15.5 Å². The van der Waals surface area contributed by atoms with Gasteiger partial charge in [-0.3, -0.25) is 4.79 Å². The molecule has 1 amide bonds. The van der Waals surface area contributed by atoms with Crippen molar-refractivity contribution in [3.63, 3.8) is 0 Å². The van der Waals surface area contributed by atoms with Crippen LogP contribution in [0, 0.1) is 11.8 Å². The van der Waals surface area contributed by atoms with Crippen LogP contribution in [0.1, 0.15) is 23.2 Å². The fraction of sp³-hybridized carbons (Fsp3) is 0.267. The number of nitrogens with one attached hydrogen (secondary N) is 1. The number of carbonyl (C=O) groups is 3. The Hall–Kier alpha value is -2.83. The monoisotopic (exact) mass is 303 g/mol. The van der Waals surface area contributed by atoms with Crippen molar-refractivity contribution < 1.29 is 29.7 Å². The van der Waals surface area contributed by atoms with Crippen LogP contribution in [0.3, 0.4) is 0 Å². The number of hydrogen-bond donors (Lipinski definition) is 2. The average Bonchev–Trinajstić information content (AvgIpc) is 2.46. The molecule has 0 heterocycles. The Labute approximate surface area is 125 Å². The number of anilines is 1. The van der Waals surface area contributed by atoms with Crippen LogP contribution in [0.2, 0.25) is 0 Å². The fourth-order valence-corrected chi connectivity index (χ4v) is 2.38. The zero-order valence-electron chi connectivity index (χ0n) is 11.4. The van der Waals surface area contributed by atoms with Crippen molar-refractivity contribution in [2.45, 2.75) is 12.8 Å². The van der Waals surface area contributed by atoms with E-state index in [1.807, 2.05) is 0 Å². The van der Waals surface area contributed by atoms with Crippen molar-refractivity contribution in [1.29, 1.82) is 0 Å². The fourth-order valence-electron chi connectivity index (χ4n) is 2.38. The van der Waals surface area contributed by atoms with E-state index in [9.17, 15) is 24.6 Å². The minimum Gasteiger partial charge on any atom is -0.872 e. The van der Waals surface area contributed by atoms with Crippen LogP contribution in [-0.4, -0.2) is 23.0 Å². The number of carboxylic acid groups (broad SMARTS) is 2. The van der Waals surface area contributed by atoms with E-state index in [0.717, 1.165) is 12.1 Å². The van der Waals surface area contributed by atoms with Gasteiger partial charge in [0.25, 0.3) is 0 Å². The Balaban J connectivity index is 2.14. The Morgan fingerprint density at radius 3 is 2.32 bits per heavy atom. The Bertz CT molecular complexity index is 651. The molecule has 1 aliphatic carbocycles. The van der Waals surface area contributed by atoms with Crippen molar-refractivity contribution >= 4 is 23.5 Å². The molecule has 0 saturated heterocycles. The van der Waals surface area contributed by atoms with E-state index in [4.69, 9.17) is 5.11 Å². The molecule has 0 radical (unpaired) electrons. The maximum atomic E-state index is 12.2. The molecule has 7 heteroatoms. The van der Waals surface area contributed by atoms with E-state index in [1.165, 1.54) is 6.07 Å². The van der Waals surface area contributed by atoms with Crippen molar-refractivity contribution in [3.05, 3.63) is 35.9 Å². The van der Waals surface area contributed by atoms with Crippen LogP contribution in [0.25, 0.3) is 0 Å². The second-order valence-electron chi connectivity index (χ2n) is 4.98. The quantitative estimate of drug-likeness (QED) is 0.736. The van der Waals surface area contributed by atoms with Gasteiger partial charge in [0.1, 0.15) is 0 Å². The number of rotatable bonds is 4. The van der Waals surface area contributed by atoms with Crippen LogP contribution in [-0.2, 0) is 9.59 Å². The van der Waals surface area contributed by atoms with E-state index in [-0.39, 0.29) is 18.5 Å². The SMILES string of the molecule is O=C(O)c1ccc(NC(=O)[C@H]2CC=CC[C@@H]2C(=O)[O-])cc1[O-]. The average molecular weight is 303 g/mol. The molecule has 0 aliphatic heterocycles. The summed E-state index contributed by atoms with van der Waals surface area (Å²) in [6, 6.07) is 3.38. The summed E-state index contributed by atoms with van der Waals surface area (Å²) in [7, 11) is 0. The van der Waals surface area contributed by atoms with Gasteiger partial charge in [-0.15, -0.1) is 0 Å². The lowest BCUT2D eigenvalue weighted by atomic mass is 9.82. The molecule has 0 spiro atoms. The highest BCUT2D eigenvalue weighted by Gasteiger charge is 2.29. The molecule has 0 unspecified atom stereocenters. The summed E-state index contributed by atoms with van der Waals surface area (Å²) in [5.41, 5.74) is -0.266. The first kappa shape index (κ1) is 15.6. The van der Waals surface area contributed by atoms with E-state index < -0.39 is 41.0 Å². The van der Waals surface area contributed by atoms with Crippen molar-refractivity contribution in [2.75, 3.05) is 5.32 Å². The van der Waals surface area contributed by atoms with Gasteiger partial charge >= 0.3 is 5.97 Å². The van der Waals surface area contributed by atoms with Crippen LogP contribution in [0.5, 0.6) is 5.75 Å². The minimum absolute atomic E-state index is 0.131. The molecule has 1 aromatic rings. The number of amides is 1. The number of allylic oxidation sites excluding steroid dienone is 2. The lowest BCUT2D eigenvalue weighted by Crippen LogP contribution is -2.41. The van der Waals surface area contributed by atoms with Crippen LogP contribution in [0.15, 0.2) is 30.4 Å². The van der Waals surface area contributed by atoms with E-state index in [0.29, 0.717) is 0 Å². The van der Waals surface area contributed by atoms with Gasteiger partial charge in [0.15, 0.2) is 0 Å². The first-order valence-corrected chi connectivity index (χ1v) is 6.61. The summed E-state index contributed by atoms with van der Waals surface area (Å²) in [6.07, 6.45) is 3.88. The Morgan fingerprint density at radius 2 is 1.77 bits per heavy atom. The molecule has 0 aromatic heterocycles. The molecular weight excluding hydrogens is 290 g/mol. The molecule has 7 nitrogen and oxygen atoms in total. The predicted octanol–water partition coefficient (Wildman–Crippen LogP) is -0.271. The summed E-state index contributed by atoms with van der Waals surface area (Å²) < 4.78 is 0. The molecule has 22 heavy (non-hydrogen) atoms. The molecule has 2 N–H and O–H groups in total. The van der Waals surface area contributed by atoms with E-state index >= 15 is 0 Å². The highest BCUT2D eigenvalue weighted by Crippen LogP contribution is 2.27. The maximum absolute atomic E-state index is 12.2. The third kappa shape index (κ3) is 3.25. The molecular formula is C15H13NO6-2. The summed E-state index contributed by atoms with van der Waals surface area (Å²) in [6.45, 7) is 0. The third-order valence-corrected chi connectivity index (χ3v) is 3.55. The molecule has 2 rings (SSSR count). The molecule has 1 aromatic carbocycles. The smallest absolute Gasteiger partial charge is 0.335 e. The Kier molecular flexibility index (Phi) is 4.45. The first-order valence-electron chi connectivity index (χ1n) is 6.61. The first-order chi connectivity index (χ1) is 10.4. The number of benzene rings is 1. The normalized spacial score (nSPS) is 20.4. The third-order valence-electron chi connectivity index (χ3n) is 3.55. The number of aliphatic carboxylic acids is 1. The second kappa shape index (κ2) is 6.30. The van der Waals surface area contributed by atoms with Crippen molar-refractivity contribution in [2.24, 2.45) is 11.8 Å². The largest absolute Gasteiger partial charge is 0.872 e. The zero-order valence-corrected chi connectivity index (χ0v) is 11.4. The second-order valence-corrected chi connectivity index (χ2v) is 4.98. The molecule has 0 fully saturated rings. The van der Waals surface area contributed by atoms with Gasteiger partial charge in [0.05, 0.1) is 11.5 Å². The van der Waals surface area contributed by atoms with Gasteiger partial charge in [-0.2, -0.15) is 0 Å². The van der Waals surface area contributed by atoms with Gasteiger partial charge in [-0.1, -0.05) is 17.9 Å². The lowest BCUT2D eigenvalue weighted by Gasteiger charge is -2.28. The molecule has 0 bridgehead atoms. The zero-order chi connectivity index (χ0) is 16.3. The minimum atomic E-state index is -1.35. The summed E-state index contributed by atoms with van der Waals surface area (Å²) in [5, 5.41) is 33.8. The number of aromatic carboxylic acids is 1. The highest BCUT2D eigenvalue weighted by atomic mass is 16.4. The standard InChI is InChI=1S/C15H15NO6/c17-12-7-8(5-6-11(12)15(21)22)16-13(18)9-3-1-2-4-10(9)14(19)20/h1-2,5-7,9-10,17H,3-4H2,(H,16,18)(H,19,20)(H,21,22)/p-2/t9-,10-/m0/s1. The van der Waals surface area contributed by atoms with E-state index in [2.05, 4.69) is 5.32 Å². The molecule has 2 atom stereocenters. The summed E-state index contributed by atoms with van der Waals surface area (Å²) >= 11 is 0. The van der Waals surface area contributed by atoms with E-state index in [1.54, 1.807) is 12.2 Å². The lowest BCUT2D eigenvalue weighted by molar-refractivity contribution is -0.313. The molecule has 0 saturated carbocycles. The van der Waals surface area contributed by atoms with Gasteiger partial charge in [0.2, 0.25) is 5.91 Å². The molecule has 1 aliphatic rings. The molecule has 116 valence electrons. The van der Waals surface area contributed by atoms with Crippen molar-refractivity contribution in [1.82, 2.24) is 0 Å². The topological polar surface area (TPSA) is 130 Å². The van der Waals surface area contributed by atoms with Crippen molar-refractivity contribution in [3.8, 4) is 5.75 Å². The predicted molar refractivity (Wildman–Crippen MR) is 71.8 cm³/mol. The summed E-state index contributed by atoms with van der Waals surface area (Å²) in [5.74, 6) is -5.63. The Morgan fingerprint density at radius 1 is 1.14 bits per heavy atom. The van der Waals surface area contributed by atoms with Gasteiger partial charge in [0, 0.05) is 17.6 Å². The van der Waals surface area contributed by atoms with Gasteiger partial charge in [-0.25, -0.2) is 4.79 Å². The van der Waals surface area contributed by atoms with Gasteiger partial charge in [-0.05, 0) is 31.0 Å². The van der Waals surface area contributed by atoms with Gasteiger partial charge < -0.3 is 25.4 Å². The number of hydrogen-bond acceptors (Lipinski definition) is 5. The maximum Gasteiger partial charge on any atom is 0.335 e. The number of carboxylic acids is 2. The highest BCUT2D eigenvalue weighted by molar-refractivity contribution is 5.97.